The highest BCUT2D eigenvalue weighted by atomic mass is 15.1. The van der Waals surface area contributed by atoms with Crippen LogP contribution in [0.15, 0.2) is 36.7 Å². The average Bonchev–Trinajstić information content (AvgIpc) is 2.31. The van der Waals surface area contributed by atoms with E-state index in [9.17, 15) is 0 Å². The van der Waals surface area contributed by atoms with E-state index >= 15 is 0 Å². The lowest BCUT2D eigenvalue weighted by atomic mass is 10.0. The van der Waals surface area contributed by atoms with E-state index < -0.39 is 0 Å². The number of aromatic nitrogens is 2. The van der Waals surface area contributed by atoms with Crippen LogP contribution in [0.1, 0.15) is 12.5 Å². The van der Waals surface area contributed by atoms with Crippen molar-refractivity contribution >= 4 is 5.95 Å². The standard InChI is InChI=1S/C13H15N3/c1-3-14-13-15-8-11(9-16-13)12-7-5-4-6-10(12)2/h4-9H,3H2,1-2H3,(H,14,15,16). The molecule has 0 saturated heterocycles. The van der Waals surface area contributed by atoms with Crippen molar-refractivity contribution in [3.05, 3.63) is 42.2 Å². The van der Waals surface area contributed by atoms with Crippen molar-refractivity contribution in [2.45, 2.75) is 13.8 Å². The molecule has 82 valence electrons. The summed E-state index contributed by atoms with van der Waals surface area (Å²) in [7, 11) is 0. The molecule has 2 aromatic rings. The molecule has 1 aromatic heterocycles. The summed E-state index contributed by atoms with van der Waals surface area (Å²) in [5.41, 5.74) is 3.48. The first-order valence-corrected chi connectivity index (χ1v) is 5.43. The van der Waals surface area contributed by atoms with Gasteiger partial charge in [-0.2, -0.15) is 0 Å². The Morgan fingerprint density at radius 1 is 1.12 bits per heavy atom. The fourth-order valence-corrected chi connectivity index (χ4v) is 1.61. The molecule has 0 aliphatic rings. The van der Waals surface area contributed by atoms with E-state index in [1.807, 2.05) is 31.5 Å². The molecule has 0 amide bonds. The molecular formula is C13H15N3. The summed E-state index contributed by atoms with van der Waals surface area (Å²) in [6.45, 7) is 4.95. The van der Waals surface area contributed by atoms with Gasteiger partial charge in [-0.15, -0.1) is 0 Å². The predicted molar refractivity (Wildman–Crippen MR) is 66.4 cm³/mol. The maximum atomic E-state index is 4.26. The first-order valence-electron chi connectivity index (χ1n) is 5.43. The van der Waals surface area contributed by atoms with E-state index in [1.165, 1.54) is 11.1 Å². The molecular weight excluding hydrogens is 198 g/mol. The van der Waals surface area contributed by atoms with Gasteiger partial charge in [0.1, 0.15) is 0 Å². The van der Waals surface area contributed by atoms with Crippen LogP contribution in [0.25, 0.3) is 11.1 Å². The van der Waals surface area contributed by atoms with Gasteiger partial charge in [-0.3, -0.25) is 0 Å². The smallest absolute Gasteiger partial charge is 0.222 e. The Morgan fingerprint density at radius 2 is 1.81 bits per heavy atom. The van der Waals surface area contributed by atoms with Gasteiger partial charge in [-0.1, -0.05) is 24.3 Å². The van der Waals surface area contributed by atoms with Crippen molar-refractivity contribution < 1.29 is 0 Å². The summed E-state index contributed by atoms with van der Waals surface area (Å²) in [5, 5.41) is 3.08. The van der Waals surface area contributed by atoms with Gasteiger partial charge in [-0.25, -0.2) is 9.97 Å². The first kappa shape index (κ1) is 10.6. The number of anilines is 1. The van der Waals surface area contributed by atoms with Gasteiger partial charge in [0.15, 0.2) is 0 Å². The second-order valence-electron chi connectivity index (χ2n) is 3.64. The number of nitrogens with zero attached hydrogens (tertiary/aromatic N) is 2. The van der Waals surface area contributed by atoms with Crippen molar-refractivity contribution in [2.24, 2.45) is 0 Å². The third kappa shape index (κ3) is 2.19. The summed E-state index contributed by atoms with van der Waals surface area (Å²) < 4.78 is 0. The Labute approximate surface area is 95.6 Å². The van der Waals surface area contributed by atoms with Gasteiger partial charge in [0, 0.05) is 24.5 Å². The quantitative estimate of drug-likeness (QED) is 0.851. The number of benzene rings is 1. The molecule has 0 saturated carbocycles. The fourth-order valence-electron chi connectivity index (χ4n) is 1.61. The molecule has 0 atom stereocenters. The minimum Gasteiger partial charge on any atom is -0.355 e. The lowest BCUT2D eigenvalue weighted by molar-refractivity contribution is 1.09. The number of nitrogens with one attached hydrogen (secondary N) is 1. The Hall–Kier alpha value is -1.90. The molecule has 3 nitrogen and oxygen atoms in total. The summed E-state index contributed by atoms with van der Waals surface area (Å²) in [5.74, 6) is 0.680. The van der Waals surface area contributed by atoms with Crippen molar-refractivity contribution in [1.82, 2.24) is 9.97 Å². The lowest BCUT2D eigenvalue weighted by Crippen LogP contribution is -2.01. The lowest BCUT2D eigenvalue weighted by Gasteiger charge is -2.06. The van der Waals surface area contributed by atoms with Crippen LogP contribution in [-0.4, -0.2) is 16.5 Å². The van der Waals surface area contributed by atoms with Crippen molar-refractivity contribution in [3.8, 4) is 11.1 Å². The number of rotatable bonds is 3. The number of hydrogen-bond acceptors (Lipinski definition) is 3. The van der Waals surface area contributed by atoms with E-state index in [4.69, 9.17) is 0 Å². The molecule has 1 aromatic carbocycles. The molecule has 0 radical (unpaired) electrons. The average molecular weight is 213 g/mol. The second kappa shape index (κ2) is 4.75. The normalized spacial score (nSPS) is 10.1. The van der Waals surface area contributed by atoms with Gasteiger partial charge >= 0.3 is 0 Å². The first-order chi connectivity index (χ1) is 7.81. The molecule has 1 N–H and O–H groups in total. The maximum Gasteiger partial charge on any atom is 0.222 e. The Kier molecular flexibility index (Phi) is 3.15. The number of aryl methyl sites for hydroxylation is 1. The summed E-state index contributed by atoms with van der Waals surface area (Å²) in [4.78, 5) is 8.53. The monoisotopic (exact) mass is 213 g/mol. The molecule has 0 bridgehead atoms. The molecule has 2 rings (SSSR count). The molecule has 3 heteroatoms. The highest BCUT2D eigenvalue weighted by Gasteiger charge is 2.02. The van der Waals surface area contributed by atoms with E-state index in [-0.39, 0.29) is 0 Å². The Balaban J connectivity index is 2.31. The molecule has 0 unspecified atom stereocenters. The SMILES string of the molecule is CCNc1ncc(-c2ccccc2C)cn1. The third-order valence-corrected chi connectivity index (χ3v) is 2.44. The van der Waals surface area contributed by atoms with Crippen LogP contribution >= 0.6 is 0 Å². The largest absolute Gasteiger partial charge is 0.355 e. The second-order valence-corrected chi connectivity index (χ2v) is 3.64. The zero-order chi connectivity index (χ0) is 11.4. The molecule has 0 aliphatic heterocycles. The molecule has 0 spiro atoms. The summed E-state index contributed by atoms with van der Waals surface area (Å²) in [6.07, 6.45) is 3.71. The summed E-state index contributed by atoms with van der Waals surface area (Å²) >= 11 is 0. The molecule has 0 fully saturated rings. The minimum atomic E-state index is 0.680. The Morgan fingerprint density at radius 3 is 2.44 bits per heavy atom. The zero-order valence-electron chi connectivity index (χ0n) is 9.57. The number of hydrogen-bond donors (Lipinski definition) is 1. The Bertz CT molecular complexity index is 463. The molecule has 0 aliphatic carbocycles. The van der Waals surface area contributed by atoms with Gasteiger partial charge in [0.2, 0.25) is 5.95 Å². The summed E-state index contributed by atoms with van der Waals surface area (Å²) in [6, 6.07) is 8.24. The predicted octanol–water partition coefficient (Wildman–Crippen LogP) is 2.88. The third-order valence-electron chi connectivity index (χ3n) is 2.44. The fraction of sp³-hybridized carbons (Fsp3) is 0.231. The van der Waals surface area contributed by atoms with Crippen molar-refractivity contribution in [2.75, 3.05) is 11.9 Å². The minimum absolute atomic E-state index is 0.680. The van der Waals surface area contributed by atoms with Crippen molar-refractivity contribution in [3.63, 3.8) is 0 Å². The molecule has 16 heavy (non-hydrogen) atoms. The van der Waals surface area contributed by atoms with Crippen LogP contribution in [0.4, 0.5) is 5.95 Å². The van der Waals surface area contributed by atoms with Crippen LogP contribution in [0.2, 0.25) is 0 Å². The van der Waals surface area contributed by atoms with Crippen LogP contribution in [0, 0.1) is 6.92 Å². The highest BCUT2D eigenvalue weighted by Crippen LogP contribution is 2.21. The highest BCUT2D eigenvalue weighted by molar-refractivity contribution is 5.65. The zero-order valence-corrected chi connectivity index (χ0v) is 9.57. The van der Waals surface area contributed by atoms with Crippen LogP contribution in [0.5, 0.6) is 0 Å². The van der Waals surface area contributed by atoms with Gasteiger partial charge in [-0.05, 0) is 25.0 Å². The van der Waals surface area contributed by atoms with Crippen molar-refractivity contribution in [1.29, 1.82) is 0 Å². The molecule has 1 heterocycles. The van der Waals surface area contributed by atoms with Crippen LogP contribution < -0.4 is 5.32 Å². The van der Waals surface area contributed by atoms with Gasteiger partial charge < -0.3 is 5.32 Å². The van der Waals surface area contributed by atoms with Gasteiger partial charge in [0.25, 0.3) is 0 Å². The van der Waals surface area contributed by atoms with Crippen LogP contribution in [-0.2, 0) is 0 Å². The van der Waals surface area contributed by atoms with E-state index in [1.54, 1.807) is 0 Å². The van der Waals surface area contributed by atoms with Gasteiger partial charge in [0.05, 0.1) is 0 Å². The van der Waals surface area contributed by atoms with Crippen LogP contribution in [0.3, 0.4) is 0 Å². The topological polar surface area (TPSA) is 37.8 Å². The van der Waals surface area contributed by atoms with E-state index in [0.717, 1.165) is 12.1 Å². The van der Waals surface area contributed by atoms with E-state index in [0.29, 0.717) is 5.95 Å². The maximum absolute atomic E-state index is 4.26. The van der Waals surface area contributed by atoms with E-state index in [2.05, 4.69) is 34.3 Å².